The van der Waals surface area contributed by atoms with Crippen LogP contribution in [0, 0.1) is 6.92 Å². The summed E-state index contributed by atoms with van der Waals surface area (Å²) < 4.78 is 16.5. The molecule has 0 aliphatic rings. The molecule has 2 aromatic carbocycles. The van der Waals surface area contributed by atoms with Gasteiger partial charge in [-0.2, -0.15) is 0 Å². The number of ether oxygens (including phenoxy) is 2. The van der Waals surface area contributed by atoms with Gasteiger partial charge in [-0.05, 0) is 42.8 Å². The molecule has 0 aliphatic heterocycles. The van der Waals surface area contributed by atoms with E-state index in [1.54, 1.807) is 26.4 Å². The second kappa shape index (κ2) is 6.04. The summed E-state index contributed by atoms with van der Waals surface area (Å²) in [6, 6.07) is 12.9. The molecule has 0 saturated carbocycles. The van der Waals surface area contributed by atoms with Crippen molar-refractivity contribution in [1.29, 1.82) is 0 Å². The van der Waals surface area contributed by atoms with Gasteiger partial charge in [0.15, 0.2) is 11.5 Å². The van der Waals surface area contributed by atoms with Crippen molar-refractivity contribution in [2.24, 2.45) is 5.16 Å². The molecule has 0 aliphatic carbocycles. The standard InChI is InChI=1S/C18H17NO4/c1-11-4-6-13-14(19-20)10-16(23-17(13)8-11)12-5-7-15(21-2)18(9-12)22-3/h4-10,20H,1-3H3. The number of methoxy groups -OCH3 is 2. The molecular formula is C18H17NO4. The van der Waals surface area contributed by atoms with E-state index in [2.05, 4.69) is 5.16 Å². The molecule has 5 heteroatoms. The van der Waals surface area contributed by atoms with Crippen LogP contribution >= 0.6 is 0 Å². The lowest BCUT2D eigenvalue weighted by atomic mass is 10.1. The van der Waals surface area contributed by atoms with Crippen molar-refractivity contribution in [1.82, 2.24) is 0 Å². The Hall–Kier alpha value is -2.95. The zero-order chi connectivity index (χ0) is 16.4. The molecule has 1 N–H and O–H groups in total. The van der Waals surface area contributed by atoms with Crippen molar-refractivity contribution in [2.45, 2.75) is 6.92 Å². The fourth-order valence-electron chi connectivity index (χ4n) is 2.49. The second-order valence-corrected chi connectivity index (χ2v) is 5.17. The van der Waals surface area contributed by atoms with Crippen LogP contribution in [-0.4, -0.2) is 19.4 Å². The molecule has 0 saturated heterocycles. The summed E-state index contributed by atoms with van der Waals surface area (Å²) in [5.41, 5.74) is 2.52. The molecule has 0 radical (unpaired) electrons. The van der Waals surface area contributed by atoms with Crippen molar-refractivity contribution in [3.8, 4) is 22.8 Å². The maximum atomic E-state index is 9.30. The Morgan fingerprint density at radius 3 is 2.43 bits per heavy atom. The number of hydrogen-bond acceptors (Lipinski definition) is 5. The molecule has 0 bridgehead atoms. The summed E-state index contributed by atoms with van der Waals surface area (Å²) in [6.45, 7) is 1.98. The fraction of sp³-hybridized carbons (Fsp3) is 0.167. The number of nitrogens with zero attached hydrogens (tertiary/aromatic N) is 1. The van der Waals surface area contributed by atoms with Crippen LogP contribution in [0.5, 0.6) is 11.5 Å². The van der Waals surface area contributed by atoms with Gasteiger partial charge in [-0.15, -0.1) is 0 Å². The van der Waals surface area contributed by atoms with Crippen molar-refractivity contribution in [3.63, 3.8) is 0 Å². The lowest BCUT2D eigenvalue weighted by Crippen LogP contribution is -2.03. The minimum absolute atomic E-state index is 0.455. The Morgan fingerprint density at radius 1 is 0.957 bits per heavy atom. The zero-order valence-electron chi connectivity index (χ0n) is 13.2. The monoisotopic (exact) mass is 311 g/mol. The molecule has 23 heavy (non-hydrogen) atoms. The maximum Gasteiger partial charge on any atom is 0.161 e. The van der Waals surface area contributed by atoms with E-state index in [9.17, 15) is 5.21 Å². The molecule has 3 aromatic rings. The van der Waals surface area contributed by atoms with Gasteiger partial charge < -0.3 is 19.1 Å². The average molecular weight is 311 g/mol. The highest BCUT2D eigenvalue weighted by atomic mass is 16.5. The number of fused-ring (bicyclic) bond motifs is 1. The smallest absolute Gasteiger partial charge is 0.161 e. The van der Waals surface area contributed by atoms with Crippen LogP contribution in [0.15, 0.2) is 52.0 Å². The van der Waals surface area contributed by atoms with Crippen molar-refractivity contribution in [3.05, 3.63) is 53.4 Å². The van der Waals surface area contributed by atoms with E-state index in [1.807, 2.05) is 37.3 Å². The summed E-state index contributed by atoms with van der Waals surface area (Å²) in [5.74, 6) is 1.82. The van der Waals surface area contributed by atoms with Gasteiger partial charge >= 0.3 is 0 Å². The maximum absolute atomic E-state index is 9.30. The Morgan fingerprint density at radius 2 is 1.74 bits per heavy atom. The highest BCUT2D eigenvalue weighted by Crippen LogP contribution is 2.32. The van der Waals surface area contributed by atoms with Gasteiger partial charge in [-0.3, -0.25) is 0 Å². The normalized spacial score (nSPS) is 11.7. The van der Waals surface area contributed by atoms with E-state index in [4.69, 9.17) is 13.9 Å². The summed E-state index contributed by atoms with van der Waals surface area (Å²) >= 11 is 0. The molecule has 1 aromatic heterocycles. The van der Waals surface area contributed by atoms with E-state index >= 15 is 0 Å². The van der Waals surface area contributed by atoms with Gasteiger partial charge in [0.25, 0.3) is 0 Å². The molecule has 118 valence electrons. The van der Waals surface area contributed by atoms with Crippen LogP contribution in [0.25, 0.3) is 22.3 Å². The first kappa shape index (κ1) is 15.0. The highest BCUT2D eigenvalue weighted by Gasteiger charge is 2.10. The van der Waals surface area contributed by atoms with E-state index in [1.165, 1.54) is 0 Å². The van der Waals surface area contributed by atoms with Gasteiger partial charge in [-0.1, -0.05) is 11.2 Å². The Balaban J connectivity index is 2.24. The molecule has 0 unspecified atom stereocenters. The third-order valence-electron chi connectivity index (χ3n) is 3.68. The number of benzene rings is 2. The van der Waals surface area contributed by atoms with Crippen LogP contribution < -0.4 is 14.8 Å². The topological polar surface area (TPSA) is 64.2 Å². The molecule has 0 atom stereocenters. The van der Waals surface area contributed by atoms with Gasteiger partial charge in [-0.25, -0.2) is 0 Å². The first-order valence-corrected chi connectivity index (χ1v) is 7.11. The van der Waals surface area contributed by atoms with E-state index in [0.29, 0.717) is 28.2 Å². The Labute approximate surface area is 133 Å². The van der Waals surface area contributed by atoms with Crippen LogP contribution in [-0.2, 0) is 0 Å². The summed E-state index contributed by atoms with van der Waals surface area (Å²) in [4.78, 5) is 0. The Kier molecular flexibility index (Phi) is 3.93. The zero-order valence-corrected chi connectivity index (χ0v) is 13.2. The van der Waals surface area contributed by atoms with Crippen LogP contribution in [0.3, 0.4) is 0 Å². The summed E-state index contributed by atoms with van der Waals surface area (Å²) in [6.07, 6.45) is 0. The van der Waals surface area contributed by atoms with E-state index in [-0.39, 0.29) is 0 Å². The Bertz CT molecular complexity index is 928. The summed E-state index contributed by atoms with van der Waals surface area (Å²) in [5, 5.41) is 13.9. The van der Waals surface area contributed by atoms with Crippen LogP contribution in [0.1, 0.15) is 5.56 Å². The van der Waals surface area contributed by atoms with Crippen LogP contribution in [0.4, 0.5) is 0 Å². The third kappa shape index (κ3) is 2.73. The van der Waals surface area contributed by atoms with Crippen molar-refractivity contribution < 1.29 is 19.1 Å². The quantitative estimate of drug-likeness (QED) is 0.591. The first-order valence-electron chi connectivity index (χ1n) is 7.11. The fourth-order valence-corrected chi connectivity index (χ4v) is 2.49. The predicted molar refractivity (Wildman–Crippen MR) is 86.8 cm³/mol. The molecule has 5 nitrogen and oxygen atoms in total. The van der Waals surface area contributed by atoms with E-state index < -0.39 is 0 Å². The van der Waals surface area contributed by atoms with Gasteiger partial charge in [0.1, 0.15) is 16.7 Å². The predicted octanol–water partition coefficient (Wildman–Crippen LogP) is 3.72. The minimum atomic E-state index is 0.455. The number of aryl methyl sites for hydroxylation is 1. The average Bonchev–Trinajstić information content (AvgIpc) is 2.59. The largest absolute Gasteiger partial charge is 0.493 e. The minimum Gasteiger partial charge on any atom is -0.493 e. The van der Waals surface area contributed by atoms with Crippen LogP contribution in [0.2, 0.25) is 0 Å². The molecule has 3 rings (SSSR count). The third-order valence-corrected chi connectivity index (χ3v) is 3.68. The molecule has 0 spiro atoms. The number of hydrogen-bond donors (Lipinski definition) is 1. The molecule has 0 amide bonds. The lowest BCUT2D eigenvalue weighted by molar-refractivity contribution is 0.302. The van der Waals surface area contributed by atoms with Crippen molar-refractivity contribution in [2.75, 3.05) is 14.2 Å². The molecular weight excluding hydrogens is 294 g/mol. The molecule has 0 fully saturated rings. The van der Waals surface area contributed by atoms with Gasteiger partial charge in [0.2, 0.25) is 0 Å². The van der Waals surface area contributed by atoms with Gasteiger partial charge in [0, 0.05) is 17.0 Å². The lowest BCUT2D eigenvalue weighted by Gasteiger charge is -2.10. The second-order valence-electron chi connectivity index (χ2n) is 5.17. The van der Waals surface area contributed by atoms with Crippen molar-refractivity contribution >= 4 is 11.0 Å². The SMILES string of the molecule is COc1ccc(-c2cc(=NO)c3ccc(C)cc3o2)cc1OC. The summed E-state index contributed by atoms with van der Waals surface area (Å²) in [7, 11) is 3.17. The highest BCUT2D eigenvalue weighted by molar-refractivity contribution is 5.79. The first-order chi connectivity index (χ1) is 11.2. The molecule has 1 heterocycles. The van der Waals surface area contributed by atoms with E-state index in [0.717, 1.165) is 16.5 Å². The van der Waals surface area contributed by atoms with Gasteiger partial charge in [0.05, 0.1) is 14.2 Å². The number of rotatable bonds is 3.